The van der Waals surface area contributed by atoms with Crippen molar-refractivity contribution in [2.45, 2.75) is 26.3 Å². The molecule has 0 aromatic rings. The maximum Gasteiger partial charge on any atom is 0.0947 e. The Morgan fingerprint density at radius 3 is 2.38 bits per heavy atom. The molecule has 0 aromatic carbocycles. The van der Waals surface area contributed by atoms with Crippen LogP contribution in [0.4, 0.5) is 0 Å². The summed E-state index contributed by atoms with van der Waals surface area (Å²) in [5, 5.41) is 16.3. The van der Waals surface area contributed by atoms with Crippen molar-refractivity contribution in [2.75, 3.05) is 20.2 Å². The van der Waals surface area contributed by atoms with Crippen LogP contribution in [-0.4, -0.2) is 41.6 Å². The Morgan fingerprint density at radius 2 is 2.08 bits per heavy atom. The van der Waals surface area contributed by atoms with Gasteiger partial charge in [-0.05, 0) is 20.9 Å². The highest BCUT2D eigenvalue weighted by Crippen LogP contribution is 2.12. The fraction of sp³-hybridized carbons (Fsp3) is 0.889. The average Bonchev–Trinajstić information content (AvgIpc) is 2.04. The van der Waals surface area contributed by atoms with Crippen molar-refractivity contribution in [3.63, 3.8) is 0 Å². The van der Waals surface area contributed by atoms with Gasteiger partial charge in [0.05, 0.1) is 12.4 Å². The second-order valence-corrected chi connectivity index (χ2v) is 4.21. The Kier molecular flexibility index (Phi) is 4.36. The number of hydrogen-bond donors (Lipinski definition) is 3. The van der Waals surface area contributed by atoms with Crippen molar-refractivity contribution in [1.82, 2.24) is 4.90 Å². The zero-order valence-corrected chi connectivity index (χ0v) is 8.96. The van der Waals surface area contributed by atoms with Gasteiger partial charge in [0.25, 0.3) is 0 Å². The van der Waals surface area contributed by atoms with E-state index in [0.29, 0.717) is 6.54 Å². The zero-order chi connectivity index (χ0) is 10.6. The Bertz CT molecular complexity index is 180. The number of aliphatic hydroxyl groups is 1. The third kappa shape index (κ3) is 3.74. The third-order valence-electron chi connectivity index (χ3n) is 2.50. The lowest BCUT2D eigenvalue weighted by molar-refractivity contribution is 0.0742. The fourth-order valence-electron chi connectivity index (χ4n) is 0.877. The Balaban J connectivity index is 4.14. The number of rotatable bonds is 5. The number of nitrogens with one attached hydrogen (secondary N) is 1. The number of nitrogens with zero attached hydrogens (tertiary/aromatic N) is 1. The highest BCUT2D eigenvalue weighted by atomic mass is 16.3. The Hall–Kier alpha value is -0.610. The zero-order valence-electron chi connectivity index (χ0n) is 8.96. The summed E-state index contributed by atoms with van der Waals surface area (Å²) in [5.74, 6) is 0.233. The minimum atomic E-state index is -0.246. The summed E-state index contributed by atoms with van der Waals surface area (Å²) in [6, 6.07) is 0. The maximum absolute atomic E-state index is 9.09. The molecule has 0 saturated carbocycles. The van der Waals surface area contributed by atoms with Crippen LogP contribution < -0.4 is 5.73 Å². The van der Waals surface area contributed by atoms with Gasteiger partial charge in [-0.3, -0.25) is 10.3 Å². The van der Waals surface area contributed by atoms with Crippen LogP contribution in [-0.2, 0) is 0 Å². The van der Waals surface area contributed by atoms with E-state index in [9.17, 15) is 0 Å². The molecule has 4 heteroatoms. The van der Waals surface area contributed by atoms with Gasteiger partial charge in [-0.2, -0.15) is 0 Å². The summed E-state index contributed by atoms with van der Waals surface area (Å²) in [4.78, 5) is 2.01. The molecular formula is C9H21N3O. The molecule has 0 aromatic heterocycles. The van der Waals surface area contributed by atoms with Crippen molar-refractivity contribution in [1.29, 1.82) is 5.41 Å². The topological polar surface area (TPSA) is 73.3 Å². The predicted octanol–water partition coefficient (Wildman–Crippen LogP) is 0.261. The summed E-state index contributed by atoms with van der Waals surface area (Å²) in [5.41, 5.74) is 5.12. The first-order valence-corrected chi connectivity index (χ1v) is 4.47. The number of aliphatic hydroxyl groups excluding tert-OH is 1. The predicted molar refractivity (Wildman–Crippen MR) is 54.9 cm³/mol. The van der Waals surface area contributed by atoms with Gasteiger partial charge in [-0.1, -0.05) is 6.92 Å². The van der Waals surface area contributed by atoms with Gasteiger partial charge in [0.2, 0.25) is 0 Å². The molecule has 1 atom stereocenters. The summed E-state index contributed by atoms with van der Waals surface area (Å²) in [7, 11) is 1.93. The van der Waals surface area contributed by atoms with Gasteiger partial charge in [0.15, 0.2) is 0 Å². The second kappa shape index (κ2) is 4.58. The highest BCUT2D eigenvalue weighted by Gasteiger charge is 2.24. The number of likely N-dealkylation sites (N-methyl/N-ethyl adjacent to an activating group) is 1. The molecule has 1 unspecified atom stereocenters. The van der Waals surface area contributed by atoms with Gasteiger partial charge < -0.3 is 10.8 Å². The maximum atomic E-state index is 9.09. The van der Waals surface area contributed by atoms with Crippen LogP contribution >= 0.6 is 0 Å². The fourth-order valence-corrected chi connectivity index (χ4v) is 0.877. The molecule has 0 radical (unpaired) electrons. The van der Waals surface area contributed by atoms with Crippen molar-refractivity contribution < 1.29 is 5.11 Å². The molecule has 4 N–H and O–H groups in total. The van der Waals surface area contributed by atoms with Gasteiger partial charge in [-0.15, -0.1) is 0 Å². The summed E-state index contributed by atoms with van der Waals surface area (Å²) in [6.07, 6.45) is 0. The molecule has 78 valence electrons. The molecule has 0 rings (SSSR count). The number of nitrogens with two attached hydrogens (primary N) is 1. The molecule has 0 bridgehead atoms. The van der Waals surface area contributed by atoms with Gasteiger partial charge in [-0.25, -0.2) is 0 Å². The van der Waals surface area contributed by atoms with Crippen molar-refractivity contribution in [3.05, 3.63) is 0 Å². The lowest BCUT2D eigenvalue weighted by Gasteiger charge is -2.35. The van der Waals surface area contributed by atoms with Crippen molar-refractivity contribution >= 4 is 5.84 Å². The van der Waals surface area contributed by atoms with E-state index in [1.165, 1.54) is 0 Å². The van der Waals surface area contributed by atoms with Gasteiger partial charge in [0, 0.05) is 18.0 Å². The quantitative estimate of drug-likeness (QED) is 0.427. The van der Waals surface area contributed by atoms with Crippen LogP contribution in [0.2, 0.25) is 0 Å². The molecule has 4 nitrogen and oxygen atoms in total. The van der Waals surface area contributed by atoms with E-state index >= 15 is 0 Å². The summed E-state index contributed by atoms with van der Waals surface area (Å²) < 4.78 is 0. The minimum absolute atomic E-state index is 0.0378. The lowest BCUT2D eigenvalue weighted by atomic mass is 10.0. The molecule has 13 heavy (non-hydrogen) atoms. The van der Waals surface area contributed by atoms with E-state index in [1.807, 2.05) is 32.7 Å². The van der Waals surface area contributed by atoms with Crippen LogP contribution in [0.5, 0.6) is 0 Å². The number of hydrogen-bond acceptors (Lipinski definition) is 3. The van der Waals surface area contributed by atoms with Crippen molar-refractivity contribution in [2.24, 2.45) is 11.7 Å². The van der Waals surface area contributed by atoms with E-state index in [2.05, 4.69) is 0 Å². The Morgan fingerprint density at radius 1 is 1.62 bits per heavy atom. The van der Waals surface area contributed by atoms with E-state index in [-0.39, 0.29) is 23.9 Å². The summed E-state index contributed by atoms with van der Waals surface area (Å²) in [6.45, 7) is 6.63. The third-order valence-corrected chi connectivity index (χ3v) is 2.50. The van der Waals surface area contributed by atoms with E-state index in [1.54, 1.807) is 0 Å². The normalized spacial score (nSPS) is 14.6. The van der Waals surface area contributed by atoms with Crippen molar-refractivity contribution in [3.8, 4) is 0 Å². The second-order valence-electron chi connectivity index (χ2n) is 4.21. The molecular weight excluding hydrogens is 166 g/mol. The lowest BCUT2D eigenvalue weighted by Crippen LogP contribution is -2.47. The van der Waals surface area contributed by atoms with Crippen LogP contribution in [0.1, 0.15) is 20.8 Å². The summed E-state index contributed by atoms with van der Waals surface area (Å²) >= 11 is 0. The highest BCUT2D eigenvalue weighted by molar-refractivity contribution is 5.79. The largest absolute Gasteiger partial charge is 0.394 e. The van der Waals surface area contributed by atoms with Crippen LogP contribution in [0.15, 0.2) is 0 Å². The molecule has 0 saturated heterocycles. The van der Waals surface area contributed by atoms with Crippen LogP contribution in [0.3, 0.4) is 0 Å². The minimum Gasteiger partial charge on any atom is -0.394 e. The first-order chi connectivity index (χ1) is 5.81. The molecule has 0 fully saturated rings. The molecule has 0 aliphatic rings. The monoisotopic (exact) mass is 187 g/mol. The van der Waals surface area contributed by atoms with E-state index in [4.69, 9.17) is 16.2 Å². The molecule has 0 amide bonds. The standard InChI is InChI=1S/C9H21N3O/c1-7(8(10)11)5-12(4)9(2,3)6-13/h7,13H,5-6H2,1-4H3,(H3,10,11). The molecule has 0 heterocycles. The first-order valence-electron chi connectivity index (χ1n) is 4.47. The average molecular weight is 187 g/mol. The first kappa shape index (κ1) is 12.4. The SMILES string of the molecule is CC(CN(C)C(C)(C)CO)C(=N)N. The number of amidine groups is 1. The molecule has 0 aliphatic heterocycles. The smallest absolute Gasteiger partial charge is 0.0947 e. The van der Waals surface area contributed by atoms with Crippen LogP contribution in [0, 0.1) is 11.3 Å². The van der Waals surface area contributed by atoms with Crippen LogP contribution in [0.25, 0.3) is 0 Å². The van der Waals surface area contributed by atoms with Gasteiger partial charge >= 0.3 is 0 Å². The van der Waals surface area contributed by atoms with E-state index < -0.39 is 0 Å². The Labute approximate surface area is 80.2 Å². The van der Waals surface area contributed by atoms with Gasteiger partial charge in [0.1, 0.15) is 0 Å². The van der Waals surface area contributed by atoms with E-state index in [0.717, 1.165) is 0 Å². The molecule has 0 spiro atoms. The molecule has 0 aliphatic carbocycles.